The fourth-order valence-electron chi connectivity index (χ4n) is 4.98. The lowest BCUT2D eigenvalue weighted by Crippen LogP contribution is -2.43. The lowest BCUT2D eigenvalue weighted by molar-refractivity contribution is -0.142. The van der Waals surface area contributed by atoms with Gasteiger partial charge in [0, 0.05) is 18.4 Å². The van der Waals surface area contributed by atoms with E-state index in [9.17, 15) is 14.4 Å². The van der Waals surface area contributed by atoms with Crippen LogP contribution in [0.4, 0.5) is 4.79 Å². The van der Waals surface area contributed by atoms with Crippen LogP contribution in [0.25, 0.3) is 11.1 Å². The summed E-state index contributed by atoms with van der Waals surface area (Å²) in [5, 5.41) is 14.4. The molecule has 1 fully saturated rings. The van der Waals surface area contributed by atoms with E-state index in [1.165, 1.54) is 29.2 Å². The van der Waals surface area contributed by atoms with E-state index in [-0.39, 0.29) is 30.3 Å². The number of alkyl carbamates (subject to hydrolysis) is 1. The highest BCUT2D eigenvalue weighted by atomic mass is 16.5. The van der Waals surface area contributed by atoms with Crippen LogP contribution in [0.2, 0.25) is 0 Å². The average Bonchev–Trinajstić information content (AvgIpc) is 3.15. The van der Waals surface area contributed by atoms with E-state index in [1.807, 2.05) is 24.3 Å². The number of fused-ring (bicyclic) bond motifs is 3. The van der Waals surface area contributed by atoms with Crippen LogP contribution in [0.1, 0.15) is 49.7 Å². The van der Waals surface area contributed by atoms with Gasteiger partial charge in [0.25, 0.3) is 0 Å². The zero-order chi connectivity index (χ0) is 23.4. The molecule has 3 N–H and O–H groups in total. The number of aliphatic carboxylic acids is 1. The first kappa shape index (κ1) is 22.8. The molecule has 0 bridgehead atoms. The fraction of sp³-hybridized carbons (Fsp3) is 0.423. The summed E-state index contributed by atoms with van der Waals surface area (Å²) in [6.07, 6.45) is 2.70. The number of carbonyl (C=O) groups is 3. The smallest absolute Gasteiger partial charge is 0.407 e. The maximum Gasteiger partial charge on any atom is 0.407 e. The zero-order valence-corrected chi connectivity index (χ0v) is 18.8. The number of benzene rings is 2. The summed E-state index contributed by atoms with van der Waals surface area (Å²) >= 11 is 0. The van der Waals surface area contributed by atoms with Gasteiger partial charge in [-0.2, -0.15) is 0 Å². The highest BCUT2D eigenvalue weighted by Gasteiger charge is 2.31. The monoisotopic (exact) mass is 450 g/mol. The second-order valence-electron chi connectivity index (χ2n) is 9.00. The minimum absolute atomic E-state index is 0.0159. The molecule has 0 radical (unpaired) electrons. The van der Waals surface area contributed by atoms with Crippen molar-refractivity contribution in [1.82, 2.24) is 10.6 Å². The zero-order valence-electron chi connectivity index (χ0n) is 18.8. The molecule has 2 unspecified atom stereocenters. The van der Waals surface area contributed by atoms with Crippen molar-refractivity contribution in [3.05, 3.63) is 59.7 Å². The molecule has 2 aromatic carbocycles. The Hall–Kier alpha value is -3.35. The Morgan fingerprint density at radius 2 is 1.67 bits per heavy atom. The van der Waals surface area contributed by atoms with Gasteiger partial charge in [-0.1, -0.05) is 55.0 Å². The Balaban J connectivity index is 1.27. The molecule has 0 saturated heterocycles. The van der Waals surface area contributed by atoms with E-state index in [2.05, 4.69) is 34.9 Å². The number of carboxylic acids is 1. The summed E-state index contributed by atoms with van der Waals surface area (Å²) in [5.41, 5.74) is 4.71. The highest BCUT2D eigenvalue weighted by molar-refractivity contribution is 5.84. The van der Waals surface area contributed by atoms with E-state index < -0.39 is 18.1 Å². The van der Waals surface area contributed by atoms with Gasteiger partial charge in [-0.15, -0.1) is 0 Å². The average molecular weight is 451 g/mol. The maximum atomic E-state index is 12.4. The largest absolute Gasteiger partial charge is 0.480 e. The number of carbonyl (C=O) groups excluding carboxylic acids is 2. The molecule has 2 aromatic rings. The van der Waals surface area contributed by atoms with Crippen molar-refractivity contribution in [2.24, 2.45) is 11.8 Å². The predicted molar refractivity (Wildman–Crippen MR) is 124 cm³/mol. The number of amides is 2. The Morgan fingerprint density at radius 3 is 2.30 bits per heavy atom. The van der Waals surface area contributed by atoms with Crippen LogP contribution in [-0.4, -0.2) is 42.3 Å². The van der Waals surface area contributed by atoms with Gasteiger partial charge in [-0.05, 0) is 54.4 Å². The summed E-state index contributed by atoms with van der Waals surface area (Å²) < 4.78 is 5.59. The molecule has 0 spiro atoms. The second-order valence-corrected chi connectivity index (χ2v) is 9.00. The molecule has 3 atom stereocenters. The number of carboxylic acid groups (broad SMARTS) is 1. The topological polar surface area (TPSA) is 105 Å². The third-order valence-electron chi connectivity index (χ3n) is 6.76. The molecule has 2 aliphatic rings. The van der Waals surface area contributed by atoms with E-state index in [0.717, 1.165) is 19.3 Å². The Bertz CT molecular complexity index is 991. The second kappa shape index (κ2) is 10.1. The van der Waals surface area contributed by atoms with Crippen molar-refractivity contribution in [3.63, 3.8) is 0 Å². The third kappa shape index (κ3) is 5.18. The van der Waals surface area contributed by atoms with E-state index >= 15 is 0 Å². The number of hydrogen-bond donors (Lipinski definition) is 3. The summed E-state index contributed by atoms with van der Waals surface area (Å²) in [6, 6.07) is 15.5. The molecule has 174 valence electrons. The van der Waals surface area contributed by atoms with Gasteiger partial charge in [0.05, 0.1) is 0 Å². The number of ether oxygens (including phenoxy) is 1. The minimum atomic E-state index is -1.05. The van der Waals surface area contributed by atoms with Crippen molar-refractivity contribution < 1.29 is 24.2 Å². The molecule has 7 heteroatoms. The molecular weight excluding hydrogens is 420 g/mol. The molecule has 0 heterocycles. The molecule has 0 aromatic heterocycles. The van der Waals surface area contributed by atoms with Crippen LogP contribution in [0.5, 0.6) is 0 Å². The highest BCUT2D eigenvalue weighted by Crippen LogP contribution is 2.44. The van der Waals surface area contributed by atoms with Crippen LogP contribution in [-0.2, 0) is 14.3 Å². The van der Waals surface area contributed by atoms with Gasteiger partial charge in [0.15, 0.2) is 0 Å². The standard InChI is InChI=1S/C26H30N2O5/c1-16(25(30)31)28-24(29)18-8-6-7-17(13-18)14-27-26(32)33-15-23-21-11-4-2-9-19(21)20-10-3-5-12-22(20)23/h2-5,9-12,16-18,23H,6-8,13-15H2,1H3,(H,27,32)(H,28,29)(H,30,31)/t16-,17?,18?/m0/s1. The van der Waals surface area contributed by atoms with Crippen LogP contribution in [0, 0.1) is 11.8 Å². The molecule has 0 aliphatic heterocycles. The quantitative estimate of drug-likeness (QED) is 0.593. The molecular formula is C26H30N2O5. The number of nitrogens with one attached hydrogen (secondary N) is 2. The molecule has 1 saturated carbocycles. The van der Waals surface area contributed by atoms with Gasteiger partial charge in [0.2, 0.25) is 5.91 Å². The molecule has 33 heavy (non-hydrogen) atoms. The van der Waals surface area contributed by atoms with Crippen molar-refractivity contribution in [2.45, 2.75) is 44.6 Å². The first-order valence-electron chi connectivity index (χ1n) is 11.6. The van der Waals surface area contributed by atoms with Crippen LogP contribution < -0.4 is 10.6 Å². The Morgan fingerprint density at radius 1 is 1.03 bits per heavy atom. The van der Waals surface area contributed by atoms with E-state index in [1.54, 1.807) is 0 Å². The predicted octanol–water partition coefficient (Wildman–Crippen LogP) is 3.92. The van der Waals surface area contributed by atoms with Crippen LogP contribution in [0.15, 0.2) is 48.5 Å². The summed E-state index contributed by atoms with van der Waals surface area (Å²) in [5.74, 6) is -1.32. The Labute approximate surface area is 193 Å². The summed E-state index contributed by atoms with van der Waals surface area (Å²) in [6.45, 7) is 2.16. The number of rotatable bonds is 7. The molecule has 2 amide bonds. The lowest BCUT2D eigenvalue weighted by Gasteiger charge is -2.29. The minimum Gasteiger partial charge on any atom is -0.480 e. The first-order chi connectivity index (χ1) is 15.9. The maximum absolute atomic E-state index is 12.4. The summed E-state index contributed by atoms with van der Waals surface area (Å²) in [4.78, 5) is 35.8. The number of hydrogen-bond acceptors (Lipinski definition) is 4. The van der Waals surface area contributed by atoms with Gasteiger partial charge < -0.3 is 20.5 Å². The SMILES string of the molecule is C[C@H](NC(=O)C1CCCC(CNC(=O)OCC2c3ccccc3-c3ccccc32)C1)C(=O)O. The van der Waals surface area contributed by atoms with Crippen LogP contribution >= 0.6 is 0 Å². The van der Waals surface area contributed by atoms with E-state index in [4.69, 9.17) is 9.84 Å². The van der Waals surface area contributed by atoms with Crippen LogP contribution in [0.3, 0.4) is 0 Å². The van der Waals surface area contributed by atoms with Crippen molar-refractivity contribution in [1.29, 1.82) is 0 Å². The first-order valence-corrected chi connectivity index (χ1v) is 11.6. The Kier molecular flexibility index (Phi) is 6.96. The summed E-state index contributed by atoms with van der Waals surface area (Å²) in [7, 11) is 0. The van der Waals surface area contributed by atoms with Gasteiger partial charge in [-0.25, -0.2) is 4.79 Å². The van der Waals surface area contributed by atoms with E-state index in [0.29, 0.717) is 13.0 Å². The molecule has 4 rings (SSSR count). The van der Waals surface area contributed by atoms with Crippen molar-refractivity contribution >= 4 is 18.0 Å². The van der Waals surface area contributed by atoms with Gasteiger partial charge >= 0.3 is 12.1 Å². The van der Waals surface area contributed by atoms with Crippen molar-refractivity contribution in [3.8, 4) is 11.1 Å². The van der Waals surface area contributed by atoms with Crippen molar-refractivity contribution in [2.75, 3.05) is 13.2 Å². The van der Waals surface area contributed by atoms with Gasteiger partial charge in [0.1, 0.15) is 12.6 Å². The lowest BCUT2D eigenvalue weighted by atomic mass is 9.81. The van der Waals surface area contributed by atoms with Gasteiger partial charge in [-0.3, -0.25) is 9.59 Å². The molecule has 2 aliphatic carbocycles. The fourth-order valence-corrected chi connectivity index (χ4v) is 4.98. The molecule has 7 nitrogen and oxygen atoms in total. The normalized spacial score (nSPS) is 20.3. The third-order valence-corrected chi connectivity index (χ3v) is 6.76.